The molecule has 0 aliphatic carbocycles. The van der Waals surface area contributed by atoms with Gasteiger partial charge in [0.15, 0.2) is 0 Å². The summed E-state index contributed by atoms with van der Waals surface area (Å²) >= 11 is 0. The molecule has 0 radical (unpaired) electrons. The summed E-state index contributed by atoms with van der Waals surface area (Å²) in [5, 5.41) is 10.6. The second-order valence-electron chi connectivity index (χ2n) is 5.83. The number of rotatable bonds is 2. The Hall–Kier alpha value is -1.65. The van der Waals surface area contributed by atoms with Crippen LogP contribution in [0, 0.1) is 0 Å². The highest BCUT2D eigenvalue weighted by Crippen LogP contribution is 2.29. The second kappa shape index (κ2) is 5.04. The van der Waals surface area contributed by atoms with E-state index < -0.39 is 0 Å². The fourth-order valence-electron chi connectivity index (χ4n) is 2.78. The molecule has 0 atom stereocenters. The Kier molecular flexibility index (Phi) is 3.36. The fraction of sp³-hybridized carbons (Fsp3) is 0.438. The molecule has 0 bridgehead atoms. The van der Waals surface area contributed by atoms with Gasteiger partial charge in [0, 0.05) is 11.9 Å². The first-order chi connectivity index (χ1) is 9.62. The van der Waals surface area contributed by atoms with Crippen molar-refractivity contribution in [1.82, 2.24) is 4.98 Å². The van der Waals surface area contributed by atoms with Gasteiger partial charge in [0.25, 0.3) is 0 Å². The summed E-state index contributed by atoms with van der Waals surface area (Å²) in [4.78, 5) is 7.03. The molecule has 1 aromatic heterocycles. The van der Waals surface area contributed by atoms with Crippen LogP contribution < -0.4 is 4.90 Å². The number of ether oxygens (including phenoxy) is 1. The lowest BCUT2D eigenvalue weighted by Gasteiger charge is -2.43. The molecule has 106 valence electrons. The van der Waals surface area contributed by atoms with Gasteiger partial charge >= 0.3 is 0 Å². The van der Waals surface area contributed by atoms with E-state index in [0.717, 1.165) is 28.8 Å². The van der Waals surface area contributed by atoms with Crippen molar-refractivity contribution in [2.75, 3.05) is 24.7 Å². The first-order valence-electron chi connectivity index (χ1n) is 6.97. The van der Waals surface area contributed by atoms with Crippen LogP contribution in [0.3, 0.4) is 0 Å². The zero-order chi connectivity index (χ0) is 14.2. The van der Waals surface area contributed by atoms with Crippen molar-refractivity contribution in [3.63, 3.8) is 0 Å². The molecule has 1 aliphatic rings. The van der Waals surface area contributed by atoms with E-state index >= 15 is 0 Å². The molecule has 4 heteroatoms. The highest BCUT2D eigenvalue weighted by molar-refractivity contribution is 5.84. The summed E-state index contributed by atoms with van der Waals surface area (Å²) < 4.78 is 5.56. The number of anilines is 1. The summed E-state index contributed by atoms with van der Waals surface area (Å²) in [5.41, 5.74) is 1.77. The number of morpholine rings is 1. The van der Waals surface area contributed by atoms with Gasteiger partial charge in [-0.15, -0.1) is 0 Å². The first-order valence-corrected chi connectivity index (χ1v) is 6.97. The van der Waals surface area contributed by atoms with E-state index in [9.17, 15) is 5.11 Å². The second-order valence-corrected chi connectivity index (χ2v) is 5.83. The van der Waals surface area contributed by atoms with E-state index in [2.05, 4.69) is 18.7 Å². The Balaban J connectivity index is 2.11. The van der Waals surface area contributed by atoms with E-state index in [1.54, 1.807) is 0 Å². The smallest absolute Gasteiger partial charge is 0.130 e. The highest BCUT2D eigenvalue weighted by atomic mass is 16.5. The van der Waals surface area contributed by atoms with Crippen molar-refractivity contribution in [2.45, 2.75) is 26.0 Å². The standard InChI is InChI=1S/C16H20N2O2/c1-16(2)11-20-8-7-18(16)15-9-12(10-19)13-5-3-4-6-14(13)17-15/h3-6,9,19H,7-8,10-11H2,1-2H3. The Morgan fingerprint density at radius 3 is 2.90 bits per heavy atom. The fourth-order valence-corrected chi connectivity index (χ4v) is 2.78. The number of aromatic nitrogens is 1. The van der Waals surface area contributed by atoms with Crippen LogP contribution in [0.1, 0.15) is 19.4 Å². The normalized spacial score (nSPS) is 18.4. The largest absolute Gasteiger partial charge is 0.392 e. The van der Waals surface area contributed by atoms with Crippen LogP contribution in [0.4, 0.5) is 5.82 Å². The zero-order valence-corrected chi connectivity index (χ0v) is 12.0. The molecular weight excluding hydrogens is 252 g/mol. The third-order valence-electron chi connectivity index (χ3n) is 3.88. The van der Waals surface area contributed by atoms with Gasteiger partial charge in [-0.05, 0) is 31.5 Å². The van der Waals surface area contributed by atoms with Crippen molar-refractivity contribution in [3.05, 3.63) is 35.9 Å². The van der Waals surface area contributed by atoms with Crippen LogP contribution in [0.25, 0.3) is 10.9 Å². The Morgan fingerprint density at radius 2 is 2.15 bits per heavy atom. The lowest BCUT2D eigenvalue weighted by Crippen LogP contribution is -2.53. The minimum absolute atomic E-state index is 0.0286. The molecule has 1 aliphatic heterocycles. The topological polar surface area (TPSA) is 45.6 Å². The molecule has 1 saturated heterocycles. The summed E-state index contributed by atoms with van der Waals surface area (Å²) in [7, 11) is 0. The molecule has 0 saturated carbocycles. The summed E-state index contributed by atoms with van der Waals surface area (Å²) in [5.74, 6) is 0.918. The molecule has 1 aromatic carbocycles. The van der Waals surface area contributed by atoms with Gasteiger partial charge in [-0.2, -0.15) is 0 Å². The average Bonchev–Trinajstić information content (AvgIpc) is 2.45. The summed E-state index contributed by atoms with van der Waals surface area (Å²) in [6.07, 6.45) is 0. The monoisotopic (exact) mass is 272 g/mol. The summed E-state index contributed by atoms with van der Waals surface area (Å²) in [6, 6.07) is 9.94. The Labute approximate surface area is 119 Å². The number of para-hydroxylation sites is 1. The predicted octanol–water partition coefficient (Wildman–Crippen LogP) is 2.34. The first kappa shape index (κ1) is 13.3. The summed E-state index contributed by atoms with van der Waals surface area (Å²) in [6.45, 7) is 6.57. The number of hydrogen-bond acceptors (Lipinski definition) is 4. The minimum Gasteiger partial charge on any atom is -0.392 e. The number of aliphatic hydroxyl groups excluding tert-OH is 1. The van der Waals surface area contributed by atoms with Crippen LogP contribution in [-0.4, -0.2) is 35.4 Å². The molecule has 0 unspecified atom stereocenters. The third-order valence-corrected chi connectivity index (χ3v) is 3.88. The van der Waals surface area contributed by atoms with Gasteiger partial charge < -0.3 is 14.7 Å². The predicted molar refractivity (Wildman–Crippen MR) is 79.9 cm³/mol. The molecule has 3 rings (SSSR count). The van der Waals surface area contributed by atoms with Gasteiger partial charge in [0.1, 0.15) is 5.82 Å². The van der Waals surface area contributed by atoms with Crippen molar-refractivity contribution in [3.8, 4) is 0 Å². The average molecular weight is 272 g/mol. The van der Waals surface area contributed by atoms with Crippen LogP contribution in [0.15, 0.2) is 30.3 Å². The van der Waals surface area contributed by atoms with Crippen molar-refractivity contribution in [1.29, 1.82) is 0 Å². The van der Waals surface area contributed by atoms with Gasteiger partial charge in [-0.25, -0.2) is 4.98 Å². The number of nitrogens with zero attached hydrogens (tertiary/aromatic N) is 2. The Morgan fingerprint density at radius 1 is 1.35 bits per heavy atom. The van der Waals surface area contributed by atoms with E-state index in [-0.39, 0.29) is 12.1 Å². The van der Waals surface area contributed by atoms with Crippen LogP contribution in [0.2, 0.25) is 0 Å². The molecule has 0 amide bonds. The van der Waals surface area contributed by atoms with Crippen LogP contribution >= 0.6 is 0 Å². The van der Waals surface area contributed by atoms with Crippen molar-refractivity contribution < 1.29 is 9.84 Å². The molecule has 0 spiro atoms. The van der Waals surface area contributed by atoms with E-state index in [4.69, 9.17) is 9.72 Å². The van der Waals surface area contributed by atoms with Crippen LogP contribution in [0.5, 0.6) is 0 Å². The van der Waals surface area contributed by atoms with E-state index in [0.29, 0.717) is 13.2 Å². The quantitative estimate of drug-likeness (QED) is 0.911. The zero-order valence-electron chi connectivity index (χ0n) is 12.0. The van der Waals surface area contributed by atoms with Gasteiger partial charge in [-0.1, -0.05) is 18.2 Å². The molecule has 4 nitrogen and oxygen atoms in total. The number of pyridine rings is 1. The molecule has 20 heavy (non-hydrogen) atoms. The molecule has 1 N–H and O–H groups in total. The molecular formula is C16H20N2O2. The minimum atomic E-state index is -0.0829. The Bertz CT molecular complexity index is 625. The van der Waals surface area contributed by atoms with Crippen molar-refractivity contribution >= 4 is 16.7 Å². The maximum absolute atomic E-state index is 9.62. The van der Waals surface area contributed by atoms with Gasteiger partial charge in [0.05, 0.1) is 30.9 Å². The van der Waals surface area contributed by atoms with Gasteiger partial charge in [-0.3, -0.25) is 0 Å². The SMILES string of the molecule is CC1(C)COCCN1c1cc(CO)c2ccccc2n1. The molecule has 2 heterocycles. The maximum Gasteiger partial charge on any atom is 0.130 e. The number of aliphatic hydroxyl groups is 1. The maximum atomic E-state index is 9.62. The third kappa shape index (κ3) is 2.25. The van der Waals surface area contributed by atoms with E-state index in [1.807, 2.05) is 30.3 Å². The van der Waals surface area contributed by atoms with Gasteiger partial charge in [0.2, 0.25) is 0 Å². The number of hydrogen-bond donors (Lipinski definition) is 1. The lowest BCUT2D eigenvalue weighted by atomic mass is 10.0. The number of fused-ring (bicyclic) bond motifs is 1. The highest BCUT2D eigenvalue weighted by Gasteiger charge is 2.31. The number of benzene rings is 1. The lowest BCUT2D eigenvalue weighted by molar-refractivity contribution is 0.0639. The van der Waals surface area contributed by atoms with Crippen LogP contribution in [-0.2, 0) is 11.3 Å². The van der Waals surface area contributed by atoms with Crippen molar-refractivity contribution in [2.24, 2.45) is 0 Å². The molecule has 2 aromatic rings. The molecule has 1 fully saturated rings. The van der Waals surface area contributed by atoms with E-state index in [1.165, 1.54) is 0 Å².